The van der Waals surface area contributed by atoms with Crippen LogP contribution in [0.15, 0.2) is 28.7 Å². The topological polar surface area (TPSA) is 41.1 Å². The van der Waals surface area contributed by atoms with Crippen molar-refractivity contribution in [1.82, 2.24) is 10.6 Å². The summed E-state index contributed by atoms with van der Waals surface area (Å²) in [5.74, 6) is 0.253. The molecule has 0 unspecified atom stereocenters. The number of nitrogens with one attached hydrogen (secondary N) is 2. The van der Waals surface area contributed by atoms with E-state index < -0.39 is 0 Å². The van der Waals surface area contributed by atoms with E-state index in [2.05, 4.69) is 26.6 Å². The van der Waals surface area contributed by atoms with E-state index >= 15 is 0 Å². The Morgan fingerprint density at radius 3 is 2.55 bits per heavy atom. The molecule has 1 atom stereocenters. The Bertz CT molecular complexity index is 442. The van der Waals surface area contributed by atoms with Gasteiger partial charge in [0.05, 0.1) is 11.5 Å². The molecular weight excluding hydrogens is 340 g/mol. The maximum absolute atomic E-state index is 12.3. The Hall–Kier alpha value is -0.580. The summed E-state index contributed by atoms with van der Waals surface area (Å²) in [7, 11) is 0. The molecule has 1 aromatic rings. The molecule has 1 saturated heterocycles. The molecule has 3 nitrogen and oxygen atoms in total. The van der Waals surface area contributed by atoms with Crippen molar-refractivity contribution in [1.29, 1.82) is 0 Å². The SMILES string of the molecule is CC(C)(NC(=O)[C@@H]1CCCNC1)c1ccc(Br)cc1.Cl. The zero-order valence-electron chi connectivity index (χ0n) is 11.9. The molecule has 1 aromatic carbocycles. The molecule has 1 heterocycles. The van der Waals surface area contributed by atoms with E-state index in [0.29, 0.717) is 0 Å². The fourth-order valence-corrected chi connectivity index (χ4v) is 2.69. The average Bonchev–Trinajstić information content (AvgIpc) is 2.40. The molecule has 1 aliphatic rings. The quantitative estimate of drug-likeness (QED) is 0.868. The summed E-state index contributed by atoms with van der Waals surface area (Å²) < 4.78 is 1.05. The molecule has 2 rings (SSSR count). The molecule has 112 valence electrons. The first-order chi connectivity index (χ1) is 8.99. The Balaban J connectivity index is 0.00000200. The molecule has 0 aromatic heterocycles. The minimum atomic E-state index is -0.338. The van der Waals surface area contributed by atoms with Gasteiger partial charge in [-0.2, -0.15) is 0 Å². The van der Waals surface area contributed by atoms with Gasteiger partial charge in [0, 0.05) is 11.0 Å². The van der Waals surface area contributed by atoms with Crippen LogP contribution in [-0.2, 0) is 10.3 Å². The predicted molar refractivity (Wildman–Crippen MR) is 88.2 cm³/mol. The van der Waals surface area contributed by atoms with Gasteiger partial charge in [-0.1, -0.05) is 28.1 Å². The minimum absolute atomic E-state index is 0. The smallest absolute Gasteiger partial charge is 0.225 e. The van der Waals surface area contributed by atoms with Gasteiger partial charge in [0.15, 0.2) is 0 Å². The van der Waals surface area contributed by atoms with Crippen LogP contribution in [0.5, 0.6) is 0 Å². The van der Waals surface area contributed by atoms with Crippen molar-refractivity contribution in [3.8, 4) is 0 Å². The maximum atomic E-state index is 12.3. The third kappa shape index (κ3) is 4.47. The number of carbonyl (C=O) groups excluding carboxylic acids is 1. The van der Waals surface area contributed by atoms with E-state index in [1.165, 1.54) is 0 Å². The van der Waals surface area contributed by atoms with Crippen LogP contribution >= 0.6 is 28.3 Å². The summed E-state index contributed by atoms with van der Waals surface area (Å²) in [6.45, 7) is 5.91. The summed E-state index contributed by atoms with van der Waals surface area (Å²) in [5.41, 5.74) is 0.780. The van der Waals surface area contributed by atoms with Crippen LogP contribution in [0.25, 0.3) is 0 Å². The van der Waals surface area contributed by atoms with Crippen molar-refractivity contribution in [2.45, 2.75) is 32.2 Å². The summed E-state index contributed by atoms with van der Waals surface area (Å²) >= 11 is 3.43. The average molecular weight is 362 g/mol. The first kappa shape index (κ1) is 17.5. The Kier molecular flexibility index (Phi) is 6.49. The van der Waals surface area contributed by atoms with Gasteiger partial charge < -0.3 is 10.6 Å². The number of hydrogen-bond donors (Lipinski definition) is 2. The van der Waals surface area contributed by atoms with Crippen LogP contribution in [0.3, 0.4) is 0 Å². The van der Waals surface area contributed by atoms with Crippen LogP contribution in [0.4, 0.5) is 0 Å². The minimum Gasteiger partial charge on any atom is -0.347 e. The third-order valence-corrected chi connectivity index (χ3v) is 4.20. The normalized spacial score (nSPS) is 19.1. The van der Waals surface area contributed by atoms with Crippen LogP contribution in [0.2, 0.25) is 0 Å². The lowest BCUT2D eigenvalue weighted by molar-refractivity contribution is -0.127. The van der Waals surface area contributed by atoms with E-state index in [-0.39, 0.29) is 29.8 Å². The first-order valence-electron chi connectivity index (χ1n) is 6.78. The van der Waals surface area contributed by atoms with Crippen LogP contribution in [0.1, 0.15) is 32.3 Å². The summed E-state index contributed by atoms with van der Waals surface area (Å²) in [4.78, 5) is 12.3. The van der Waals surface area contributed by atoms with Crippen LogP contribution in [0, 0.1) is 5.92 Å². The highest BCUT2D eigenvalue weighted by Crippen LogP contribution is 2.23. The van der Waals surface area contributed by atoms with E-state index in [0.717, 1.165) is 36.0 Å². The molecule has 1 amide bonds. The van der Waals surface area contributed by atoms with Gasteiger partial charge in [0.2, 0.25) is 5.91 Å². The molecule has 0 aliphatic carbocycles. The molecule has 1 fully saturated rings. The lowest BCUT2D eigenvalue weighted by Crippen LogP contribution is -2.47. The van der Waals surface area contributed by atoms with Gasteiger partial charge >= 0.3 is 0 Å². The van der Waals surface area contributed by atoms with E-state index in [4.69, 9.17) is 0 Å². The van der Waals surface area contributed by atoms with Crippen molar-refractivity contribution >= 4 is 34.2 Å². The van der Waals surface area contributed by atoms with Crippen molar-refractivity contribution < 1.29 is 4.79 Å². The summed E-state index contributed by atoms with van der Waals surface area (Å²) in [6.07, 6.45) is 2.06. The molecule has 1 aliphatic heterocycles. The largest absolute Gasteiger partial charge is 0.347 e. The number of halogens is 2. The predicted octanol–water partition coefficient (Wildman–Crippen LogP) is 3.22. The lowest BCUT2D eigenvalue weighted by atomic mass is 9.92. The first-order valence-corrected chi connectivity index (χ1v) is 7.57. The highest BCUT2D eigenvalue weighted by Gasteiger charge is 2.28. The van der Waals surface area contributed by atoms with Gasteiger partial charge in [0.25, 0.3) is 0 Å². The van der Waals surface area contributed by atoms with Crippen molar-refractivity contribution in [2.75, 3.05) is 13.1 Å². The number of rotatable bonds is 3. The summed E-state index contributed by atoms with van der Waals surface area (Å²) in [6, 6.07) is 8.10. The second-order valence-corrected chi connectivity index (χ2v) is 6.58. The molecular formula is C15H22BrClN2O. The van der Waals surface area contributed by atoms with Crippen LogP contribution < -0.4 is 10.6 Å². The number of carbonyl (C=O) groups is 1. The molecule has 2 N–H and O–H groups in total. The second-order valence-electron chi connectivity index (χ2n) is 5.66. The Labute approximate surface area is 135 Å². The number of piperidine rings is 1. The Morgan fingerprint density at radius 1 is 1.35 bits per heavy atom. The molecule has 20 heavy (non-hydrogen) atoms. The third-order valence-electron chi connectivity index (χ3n) is 3.67. The number of benzene rings is 1. The molecule has 0 radical (unpaired) electrons. The molecule has 0 bridgehead atoms. The van der Waals surface area contributed by atoms with Gasteiger partial charge in [0.1, 0.15) is 0 Å². The lowest BCUT2D eigenvalue weighted by Gasteiger charge is -2.31. The van der Waals surface area contributed by atoms with Crippen molar-refractivity contribution in [3.05, 3.63) is 34.3 Å². The molecule has 0 saturated carbocycles. The zero-order valence-corrected chi connectivity index (χ0v) is 14.3. The van der Waals surface area contributed by atoms with E-state index in [1.54, 1.807) is 0 Å². The molecule has 0 spiro atoms. The Morgan fingerprint density at radius 2 is 2.00 bits per heavy atom. The van der Waals surface area contributed by atoms with Gasteiger partial charge in [-0.25, -0.2) is 0 Å². The molecule has 5 heteroatoms. The standard InChI is InChI=1S/C15H21BrN2O.ClH/c1-15(2,12-5-7-13(16)8-6-12)18-14(19)11-4-3-9-17-10-11;/h5-8,11,17H,3-4,9-10H2,1-2H3,(H,18,19);1H/t11-;/m1./s1. The highest BCUT2D eigenvalue weighted by molar-refractivity contribution is 9.10. The second kappa shape index (κ2) is 7.43. The number of amides is 1. The fraction of sp³-hybridized carbons (Fsp3) is 0.533. The monoisotopic (exact) mass is 360 g/mol. The number of hydrogen-bond acceptors (Lipinski definition) is 2. The van der Waals surface area contributed by atoms with Gasteiger partial charge in [-0.05, 0) is 50.9 Å². The van der Waals surface area contributed by atoms with Gasteiger partial charge in [-0.3, -0.25) is 4.79 Å². The van der Waals surface area contributed by atoms with Crippen molar-refractivity contribution in [2.24, 2.45) is 5.92 Å². The van der Waals surface area contributed by atoms with Gasteiger partial charge in [-0.15, -0.1) is 12.4 Å². The maximum Gasteiger partial charge on any atom is 0.225 e. The van der Waals surface area contributed by atoms with E-state index in [1.807, 2.05) is 38.1 Å². The van der Waals surface area contributed by atoms with E-state index in [9.17, 15) is 4.79 Å². The van der Waals surface area contributed by atoms with Crippen molar-refractivity contribution in [3.63, 3.8) is 0 Å². The summed E-state index contributed by atoms with van der Waals surface area (Å²) in [5, 5.41) is 6.45. The van der Waals surface area contributed by atoms with Crippen LogP contribution in [-0.4, -0.2) is 19.0 Å². The zero-order chi connectivity index (χ0) is 13.9. The fourth-order valence-electron chi connectivity index (χ4n) is 2.42. The highest BCUT2D eigenvalue weighted by atomic mass is 79.9.